The predicted octanol–water partition coefficient (Wildman–Crippen LogP) is 2.17. The fourth-order valence-corrected chi connectivity index (χ4v) is 8.35. The Bertz CT molecular complexity index is 958. The molecule has 5 fully saturated rings. The minimum atomic E-state index is -1.76. The van der Waals surface area contributed by atoms with E-state index in [4.69, 9.17) is 15.2 Å². The molecule has 0 spiro atoms. The zero-order valence-corrected chi connectivity index (χ0v) is 23.2. The highest BCUT2D eigenvalue weighted by atomic mass is 16.7. The minimum absolute atomic E-state index is 0.0812. The zero-order chi connectivity index (χ0) is 27.1. The standard InChI is InChI=1S/C30H46N2O6/c1-18(15-21(20-12-14-32-25(31)17-20)16-19-7-9-22(33)10-8-19)11-13-29-26(34)23-5-3-4-6-24(23)27(35)30(29,38-29)28(36)37-2/h11,19-25,32-33H,3-10,12-17,31H2,1-2H3/p+1. The quantitative estimate of drug-likeness (QED) is 0.189. The van der Waals surface area contributed by atoms with Crippen LogP contribution in [0.3, 0.4) is 0 Å². The van der Waals surface area contributed by atoms with E-state index in [1.165, 1.54) is 12.7 Å². The number of nitrogens with two attached hydrogens (primary N) is 2. The number of methoxy groups -OCH3 is 1. The molecule has 7 atom stereocenters. The van der Waals surface area contributed by atoms with Crippen molar-refractivity contribution in [1.82, 2.24) is 0 Å². The van der Waals surface area contributed by atoms with E-state index in [0.29, 0.717) is 30.6 Å². The smallest absolute Gasteiger partial charge is 0.349 e. The lowest BCUT2D eigenvalue weighted by molar-refractivity contribution is -0.699. The van der Waals surface area contributed by atoms with Crippen molar-refractivity contribution in [2.75, 3.05) is 13.7 Å². The number of carbonyl (C=O) groups excluding carboxylic acids is 3. The number of Topliss-reactive ketones (excluding diaryl/α,β-unsaturated/α-hetero) is 2. The molecule has 7 unspecified atom stereocenters. The second-order valence-electron chi connectivity index (χ2n) is 12.9. The van der Waals surface area contributed by atoms with Crippen LogP contribution in [0.5, 0.6) is 0 Å². The fourth-order valence-electron chi connectivity index (χ4n) is 8.35. The van der Waals surface area contributed by atoms with Gasteiger partial charge in [-0.2, -0.15) is 0 Å². The van der Waals surface area contributed by atoms with Gasteiger partial charge in [-0.1, -0.05) is 24.5 Å². The molecule has 0 aromatic rings. The first-order valence-corrected chi connectivity index (χ1v) is 15.0. The van der Waals surface area contributed by atoms with Crippen molar-refractivity contribution < 1.29 is 34.3 Å². The molecule has 3 aliphatic carbocycles. The van der Waals surface area contributed by atoms with Gasteiger partial charge < -0.3 is 19.9 Å². The van der Waals surface area contributed by atoms with Crippen LogP contribution in [0.25, 0.3) is 0 Å². The third-order valence-electron chi connectivity index (χ3n) is 10.5. The van der Waals surface area contributed by atoms with Crippen LogP contribution in [0.4, 0.5) is 0 Å². The van der Waals surface area contributed by atoms with Gasteiger partial charge in [0.15, 0.2) is 17.2 Å². The van der Waals surface area contributed by atoms with Crippen molar-refractivity contribution in [3.05, 3.63) is 11.6 Å². The molecule has 0 aromatic heterocycles. The third-order valence-corrected chi connectivity index (χ3v) is 10.5. The first-order valence-electron chi connectivity index (χ1n) is 15.0. The number of piperidine rings is 1. The van der Waals surface area contributed by atoms with Crippen LogP contribution in [0, 0.1) is 29.6 Å². The van der Waals surface area contributed by atoms with E-state index in [2.05, 4.69) is 12.2 Å². The van der Waals surface area contributed by atoms with Crippen LogP contribution in [0.15, 0.2) is 11.6 Å². The van der Waals surface area contributed by atoms with Crippen LogP contribution in [-0.2, 0) is 23.9 Å². The maximum atomic E-state index is 13.7. The van der Waals surface area contributed by atoms with Crippen molar-refractivity contribution in [3.63, 3.8) is 0 Å². The zero-order valence-electron chi connectivity index (χ0n) is 23.2. The lowest BCUT2D eigenvalue weighted by Crippen LogP contribution is -2.94. The van der Waals surface area contributed by atoms with Gasteiger partial charge in [0.25, 0.3) is 5.60 Å². The number of ether oxygens (including phenoxy) is 2. The van der Waals surface area contributed by atoms with Gasteiger partial charge in [-0.25, -0.2) is 4.79 Å². The first kappa shape index (κ1) is 27.9. The number of aliphatic hydroxyl groups is 1. The van der Waals surface area contributed by atoms with Gasteiger partial charge in [-0.3, -0.25) is 15.3 Å². The summed E-state index contributed by atoms with van der Waals surface area (Å²) in [6.45, 7) is 3.15. The van der Waals surface area contributed by atoms with E-state index < -0.39 is 23.1 Å². The largest absolute Gasteiger partial charge is 0.466 e. The summed E-state index contributed by atoms with van der Waals surface area (Å²) >= 11 is 0. The molecule has 2 saturated heterocycles. The Morgan fingerprint density at radius 2 is 1.82 bits per heavy atom. The number of epoxide rings is 1. The first-order chi connectivity index (χ1) is 18.2. The third kappa shape index (κ3) is 4.91. The van der Waals surface area contributed by atoms with Crippen LogP contribution >= 0.6 is 0 Å². The van der Waals surface area contributed by atoms with E-state index >= 15 is 0 Å². The Labute approximate surface area is 226 Å². The topological polar surface area (TPSA) is 136 Å². The molecule has 5 rings (SSSR count). The van der Waals surface area contributed by atoms with E-state index in [1.807, 2.05) is 6.08 Å². The molecule has 5 N–H and O–H groups in total. The van der Waals surface area contributed by atoms with Gasteiger partial charge in [0, 0.05) is 24.7 Å². The number of esters is 1. The van der Waals surface area contributed by atoms with Crippen molar-refractivity contribution in [3.8, 4) is 0 Å². The van der Waals surface area contributed by atoms with Crippen molar-refractivity contribution in [2.45, 2.75) is 114 Å². The Balaban J connectivity index is 1.33. The molecule has 8 nitrogen and oxygen atoms in total. The Morgan fingerprint density at radius 3 is 2.47 bits per heavy atom. The molecule has 0 aromatic carbocycles. The molecular weight excluding hydrogens is 484 g/mol. The second-order valence-corrected chi connectivity index (χ2v) is 12.9. The average molecular weight is 532 g/mol. The van der Waals surface area contributed by atoms with Crippen LogP contribution in [0.2, 0.25) is 0 Å². The molecule has 38 heavy (non-hydrogen) atoms. The average Bonchev–Trinajstić information content (AvgIpc) is 3.63. The summed E-state index contributed by atoms with van der Waals surface area (Å²) < 4.78 is 11.0. The van der Waals surface area contributed by atoms with Gasteiger partial charge >= 0.3 is 5.97 Å². The summed E-state index contributed by atoms with van der Waals surface area (Å²) in [6, 6.07) is 0. The van der Waals surface area contributed by atoms with Gasteiger partial charge in [0.2, 0.25) is 0 Å². The number of rotatable bonds is 8. The van der Waals surface area contributed by atoms with Crippen LogP contribution in [-0.4, -0.2) is 59.8 Å². The number of allylic oxidation sites excluding steroid dienone is 1. The number of hydrogen-bond donors (Lipinski definition) is 3. The minimum Gasteiger partial charge on any atom is -0.466 e. The molecular formula is C30H47N2O6+. The molecule has 0 bridgehead atoms. The van der Waals surface area contributed by atoms with Crippen molar-refractivity contribution in [2.24, 2.45) is 35.3 Å². The summed E-state index contributed by atoms with van der Waals surface area (Å²) in [4.78, 5) is 40.2. The molecule has 0 amide bonds. The SMILES string of the molecule is COC(=O)C12OC1(CC=C(C)CC(CC1CCC(O)CC1)C1CC[NH2+]C(N)C1)C(=O)C1CCCCC1C2=O. The Hall–Kier alpha value is -1.61. The number of quaternary nitrogens is 1. The van der Waals surface area contributed by atoms with E-state index in [1.54, 1.807) is 0 Å². The predicted molar refractivity (Wildman–Crippen MR) is 141 cm³/mol. The molecule has 8 heteroatoms. The summed E-state index contributed by atoms with van der Waals surface area (Å²) in [5, 5.41) is 12.2. The van der Waals surface area contributed by atoms with Gasteiger partial charge in [-0.15, -0.1) is 0 Å². The Morgan fingerprint density at radius 1 is 1.13 bits per heavy atom. The molecule has 3 saturated carbocycles. The molecule has 0 radical (unpaired) electrons. The summed E-state index contributed by atoms with van der Waals surface area (Å²) in [7, 11) is 1.26. The van der Waals surface area contributed by atoms with Gasteiger partial charge in [0.05, 0.1) is 19.8 Å². The van der Waals surface area contributed by atoms with Crippen molar-refractivity contribution >= 4 is 17.5 Å². The fraction of sp³-hybridized carbons (Fsp3) is 0.833. The maximum absolute atomic E-state index is 13.7. The molecule has 2 aliphatic heterocycles. The van der Waals surface area contributed by atoms with E-state index in [0.717, 1.165) is 70.8 Å². The summed E-state index contributed by atoms with van der Waals surface area (Å²) in [5.41, 5.74) is 4.33. The molecule has 2 heterocycles. The van der Waals surface area contributed by atoms with Crippen LogP contribution in [0.1, 0.15) is 90.4 Å². The Kier molecular flexibility index (Phi) is 8.17. The van der Waals surface area contributed by atoms with Crippen molar-refractivity contribution in [1.29, 1.82) is 0 Å². The number of carbonyl (C=O) groups is 3. The monoisotopic (exact) mass is 531 g/mol. The van der Waals surface area contributed by atoms with E-state index in [9.17, 15) is 19.5 Å². The normalized spacial score (nSPS) is 42.2. The highest BCUT2D eigenvalue weighted by molar-refractivity contribution is 6.23. The van der Waals surface area contributed by atoms with E-state index in [-0.39, 0.29) is 36.2 Å². The lowest BCUT2D eigenvalue weighted by atomic mass is 9.61. The lowest BCUT2D eigenvalue weighted by Gasteiger charge is -2.37. The number of aliphatic hydroxyl groups excluding tert-OH is 1. The number of ketones is 2. The second kappa shape index (κ2) is 11.1. The maximum Gasteiger partial charge on any atom is 0.349 e. The summed E-state index contributed by atoms with van der Waals surface area (Å²) in [5.74, 6) is -0.170. The van der Waals surface area contributed by atoms with Gasteiger partial charge in [-0.05, 0) is 82.5 Å². The number of fused-ring (bicyclic) bond motifs is 2. The highest BCUT2D eigenvalue weighted by Gasteiger charge is 2.86. The summed E-state index contributed by atoms with van der Waals surface area (Å²) in [6.07, 6.45) is 13.5. The van der Waals surface area contributed by atoms with Crippen LogP contribution < -0.4 is 11.1 Å². The van der Waals surface area contributed by atoms with Gasteiger partial charge in [0.1, 0.15) is 6.17 Å². The number of hydrogen-bond acceptors (Lipinski definition) is 7. The molecule has 5 aliphatic rings. The molecule has 212 valence electrons. The highest BCUT2D eigenvalue weighted by Crippen LogP contribution is 2.61.